The van der Waals surface area contributed by atoms with E-state index in [2.05, 4.69) is 10.1 Å². The largest absolute Gasteiger partial charge is 0.493 e. The third-order valence-electron chi connectivity index (χ3n) is 3.51. The van der Waals surface area contributed by atoms with Gasteiger partial charge in [0.15, 0.2) is 11.5 Å². The van der Waals surface area contributed by atoms with Gasteiger partial charge in [-0.15, -0.1) is 0 Å². The number of carboxylic acid groups (broad SMARTS) is 1. The fourth-order valence-electron chi connectivity index (χ4n) is 2.22. The van der Waals surface area contributed by atoms with Crippen molar-refractivity contribution >= 4 is 23.5 Å². The molecule has 0 atom stereocenters. The van der Waals surface area contributed by atoms with Gasteiger partial charge in [0.05, 0.1) is 19.2 Å². The minimum Gasteiger partial charge on any atom is -0.493 e. The maximum Gasteiger partial charge on any atom is 0.323 e. The first kappa shape index (κ1) is 19.5. The highest BCUT2D eigenvalue weighted by Gasteiger charge is 2.17. The summed E-state index contributed by atoms with van der Waals surface area (Å²) in [4.78, 5) is 27.8. The number of carbonyl (C=O) groups excluding carboxylic acids is 1. The summed E-state index contributed by atoms with van der Waals surface area (Å²) in [6.45, 7) is -0.363. The van der Waals surface area contributed by atoms with Crippen LogP contribution in [0.25, 0.3) is 11.4 Å². The smallest absolute Gasteiger partial charge is 0.323 e. The van der Waals surface area contributed by atoms with Gasteiger partial charge in [-0.05, 0) is 12.1 Å². The number of amides is 1. The Morgan fingerprint density at radius 3 is 2.65 bits per heavy atom. The van der Waals surface area contributed by atoms with Crippen LogP contribution in [0.2, 0.25) is 5.02 Å². The number of ether oxygens (including phenoxy) is 2. The molecule has 0 aliphatic heterocycles. The van der Waals surface area contributed by atoms with Crippen molar-refractivity contribution in [2.75, 3.05) is 27.8 Å². The highest BCUT2D eigenvalue weighted by molar-refractivity contribution is 6.32. The Kier molecular flexibility index (Phi) is 6.40. The van der Waals surface area contributed by atoms with Gasteiger partial charge in [0.25, 0.3) is 0 Å². The molecule has 140 valence electrons. The Labute approximate surface area is 154 Å². The second kappa shape index (κ2) is 8.52. The normalized spacial score (nSPS) is 10.5. The van der Waals surface area contributed by atoms with E-state index in [1.165, 1.54) is 21.3 Å². The zero-order valence-corrected chi connectivity index (χ0v) is 15.2. The second-order valence-electron chi connectivity index (χ2n) is 5.35. The lowest BCUT2D eigenvalue weighted by Crippen LogP contribution is -2.32. The summed E-state index contributed by atoms with van der Waals surface area (Å²) in [5, 5.41) is 12.9. The van der Waals surface area contributed by atoms with Crippen LogP contribution in [0.5, 0.6) is 11.5 Å². The van der Waals surface area contributed by atoms with E-state index in [0.717, 1.165) is 4.90 Å². The molecule has 9 nitrogen and oxygen atoms in total. The molecule has 2 rings (SSSR count). The van der Waals surface area contributed by atoms with E-state index < -0.39 is 5.97 Å². The van der Waals surface area contributed by atoms with Crippen molar-refractivity contribution in [1.82, 2.24) is 15.0 Å². The van der Waals surface area contributed by atoms with Gasteiger partial charge in [0.1, 0.15) is 6.54 Å². The van der Waals surface area contributed by atoms with Crippen molar-refractivity contribution in [3.8, 4) is 22.9 Å². The fourth-order valence-corrected chi connectivity index (χ4v) is 2.50. The minimum atomic E-state index is -1.08. The van der Waals surface area contributed by atoms with Gasteiger partial charge in [-0.3, -0.25) is 9.59 Å². The number of hydrogen-bond donors (Lipinski definition) is 1. The summed E-state index contributed by atoms with van der Waals surface area (Å²) < 4.78 is 15.5. The summed E-state index contributed by atoms with van der Waals surface area (Å²) in [5.41, 5.74) is 0.567. The molecule has 0 aliphatic rings. The van der Waals surface area contributed by atoms with Gasteiger partial charge in [-0.2, -0.15) is 4.98 Å². The number of aliphatic carboxylic acids is 1. The molecule has 0 radical (unpaired) electrons. The first-order chi connectivity index (χ1) is 12.3. The lowest BCUT2D eigenvalue weighted by atomic mass is 10.2. The standard InChI is InChI=1S/C16H18ClN3O6/c1-20(8-14(22)23)13(21)5-4-12-18-16(19-26-12)9-6-10(17)15(25-3)11(7-9)24-2/h6-7H,4-5,8H2,1-3H3,(H,22,23). The lowest BCUT2D eigenvalue weighted by molar-refractivity contribution is -0.143. The number of benzene rings is 1. The summed E-state index contributed by atoms with van der Waals surface area (Å²) in [7, 11) is 4.38. The van der Waals surface area contributed by atoms with Gasteiger partial charge in [0.2, 0.25) is 17.6 Å². The van der Waals surface area contributed by atoms with Crippen molar-refractivity contribution in [3.05, 3.63) is 23.0 Å². The number of rotatable bonds is 8. The van der Waals surface area contributed by atoms with Crippen molar-refractivity contribution in [2.45, 2.75) is 12.8 Å². The first-order valence-corrected chi connectivity index (χ1v) is 7.93. The molecule has 1 aromatic heterocycles. The molecular formula is C16H18ClN3O6. The third-order valence-corrected chi connectivity index (χ3v) is 3.79. The quantitative estimate of drug-likeness (QED) is 0.734. The predicted molar refractivity (Wildman–Crippen MR) is 91.4 cm³/mol. The monoisotopic (exact) mass is 383 g/mol. The van der Waals surface area contributed by atoms with Crippen LogP contribution in [-0.4, -0.2) is 59.8 Å². The molecule has 1 N–H and O–H groups in total. The molecule has 1 heterocycles. The molecular weight excluding hydrogens is 366 g/mol. The van der Waals surface area contributed by atoms with Gasteiger partial charge >= 0.3 is 5.97 Å². The molecule has 0 bridgehead atoms. The molecule has 0 aliphatic carbocycles. The van der Waals surface area contributed by atoms with E-state index in [9.17, 15) is 9.59 Å². The first-order valence-electron chi connectivity index (χ1n) is 7.56. The molecule has 0 saturated carbocycles. The zero-order chi connectivity index (χ0) is 19.3. The topological polar surface area (TPSA) is 115 Å². The highest BCUT2D eigenvalue weighted by Crippen LogP contribution is 2.38. The fraction of sp³-hybridized carbons (Fsp3) is 0.375. The van der Waals surface area contributed by atoms with Crippen molar-refractivity contribution in [1.29, 1.82) is 0 Å². The highest BCUT2D eigenvalue weighted by atomic mass is 35.5. The predicted octanol–water partition coefficient (Wildman–Crippen LogP) is 1.88. The van der Waals surface area contributed by atoms with Crippen molar-refractivity contribution in [3.63, 3.8) is 0 Å². The van der Waals surface area contributed by atoms with E-state index in [1.807, 2.05) is 0 Å². The van der Waals surface area contributed by atoms with E-state index in [-0.39, 0.29) is 37.0 Å². The Bertz CT molecular complexity index is 807. The van der Waals surface area contributed by atoms with E-state index in [0.29, 0.717) is 22.1 Å². The zero-order valence-electron chi connectivity index (χ0n) is 14.5. The van der Waals surface area contributed by atoms with E-state index in [4.69, 9.17) is 30.7 Å². The minimum absolute atomic E-state index is 0.0537. The molecule has 26 heavy (non-hydrogen) atoms. The molecule has 0 unspecified atom stereocenters. The van der Waals surface area contributed by atoms with E-state index >= 15 is 0 Å². The van der Waals surface area contributed by atoms with Crippen molar-refractivity contribution in [2.24, 2.45) is 0 Å². The number of nitrogens with zero attached hydrogens (tertiary/aromatic N) is 3. The number of likely N-dealkylation sites (N-methyl/N-ethyl adjacent to an activating group) is 1. The Hall–Kier alpha value is -2.81. The number of hydrogen-bond acceptors (Lipinski definition) is 7. The maximum absolute atomic E-state index is 11.9. The SMILES string of the molecule is COc1cc(-c2noc(CCC(=O)N(C)CC(=O)O)n2)cc(Cl)c1OC. The van der Waals surface area contributed by atoms with Crippen LogP contribution in [0.15, 0.2) is 16.7 Å². The Balaban J connectivity index is 2.09. The molecule has 1 amide bonds. The molecule has 10 heteroatoms. The van der Waals surface area contributed by atoms with Gasteiger partial charge in [-0.25, -0.2) is 0 Å². The van der Waals surface area contributed by atoms with Gasteiger partial charge in [-0.1, -0.05) is 16.8 Å². The number of carboxylic acids is 1. The van der Waals surface area contributed by atoms with E-state index in [1.54, 1.807) is 12.1 Å². The van der Waals surface area contributed by atoms with Gasteiger partial charge in [0, 0.05) is 25.5 Å². The molecule has 1 aromatic carbocycles. The van der Waals surface area contributed by atoms with Crippen LogP contribution < -0.4 is 9.47 Å². The third kappa shape index (κ3) is 4.63. The molecule has 0 saturated heterocycles. The number of aryl methyl sites for hydroxylation is 1. The second-order valence-corrected chi connectivity index (χ2v) is 5.76. The Morgan fingerprint density at radius 2 is 2.04 bits per heavy atom. The maximum atomic E-state index is 11.9. The summed E-state index contributed by atoms with van der Waals surface area (Å²) in [5.74, 6) is -0.0507. The summed E-state index contributed by atoms with van der Waals surface area (Å²) in [6.07, 6.45) is 0.245. The van der Waals surface area contributed by atoms with Crippen LogP contribution in [0.1, 0.15) is 12.3 Å². The van der Waals surface area contributed by atoms with Crippen LogP contribution in [0.4, 0.5) is 0 Å². The Morgan fingerprint density at radius 1 is 1.31 bits per heavy atom. The van der Waals surface area contributed by atoms with Crippen LogP contribution in [-0.2, 0) is 16.0 Å². The number of halogens is 1. The van der Waals surface area contributed by atoms with Gasteiger partial charge < -0.3 is 24.0 Å². The number of aromatic nitrogens is 2. The van der Waals surface area contributed by atoms with Crippen LogP contribution in [0, 0.1) is 0 Å². The van der Waals surface area contributed by atoms with Crippen LogP contribution in [0.3, 0.4) is 0 Å². The van der Waals surface area contributed by atoms with Crippen LogP contribution >= 0.6 is 11.6 Å². The summed E-state index contributed by atoms with van der Waals surface area (Å²) in [6, 6.07) is 3.27. The molecule has 2 aromatic rings. The summed E-state index contributed by atoms with van der Waals surface area (Å²) >= 11 is 6.16. The number of carbonyl (C=O) groups is 2. The van der Waals surface area contributed by atoms with Crippen molar-refractivity contribution < 1.29 is 28.7 Å². The lowest BCUT2D eigenvalue weighted by Gasteiger charge is -2.13. The number of methoxy groups -OCH3 is 2. The average molecular weight is 384 g/mol. The molecule has 0 spiro atoms. The average Bonchev–Trinajstić information content (AvgIpc) is 3.07. The molecule has 0 fully saturated rings.